The Labute approximate surface area is 153 Å². The Bertz CT molecular complexity index is 977. The lowest BCUT2D eigenvalue weighted by Gasteiger charge is -2.05. The molecule has 2 aromatic heterocycles. The van der Waals surface area contributed by atoms with Gasteiger partial charge in [-0.15, -0.1) is 0 Å². The normalized spacial score (nSPS) is 13.5. The van der Waals surface area contributed by atoms with Crippen LogP contribution >= 0.6 is 0 Å². The zero-order chi connectivity index (χ0) is 17.3. The summed E-state index contributed by atoms with van der Waals surface area (Å²) in [7, 11) is 0. The lowest BCUT2D eigenvalue weighted by atomic mass is 10.1. The van der Waals surface area contributed by atoms with Crippen LogP contribution in [0.5, 0.6) is 0 Å². The molecule has 0 saturated carbocycles. The molecule has 3 heterocycles. The van der Waals surface area contributed by atoms with Crippen LogP contribution in [0.15, 0.2) is 86.0 Å². The number of imidazole rings is 2. The first kappa shape index (κ1) is 15.1. The minimum Gasteiger partial charge on any atom is -0.233 e. The summed E-state index contributed by atoms with van der Waals surface area (Å²) in [5.41, 5.74) is 5.40. The zero-order valence-electron chi connectivity index (χ0n) is 14.7. The number of fused-ring (bicyclic) bond motifs is 7. The third kappa shape index (κ3) is 3.06. The summed E-state index contributed by atoms with van der Waals surface area (Å²) < 4.78 is 9.03. The molecule has 128 valence electrons. The zero-order valence-corrected chi connectivity index (χ0v) is 14.7. The van der Waals surface area contributed by atoms with Gasteiger partial charge in [-0.25, -0.2) is 18.3 Å². The maximum absolute atomic E-state index is 2.31. The van der Waals surface area contributed by atoms with Crippen LogP contribution in [0.1, 0.15) is 22.3 Å². The van der Waals surface area contributed by atoms with Crippen LogP contribution in [0.2, 0.25) is 0 Å². The number of aromatic nitrogens is 4. The van der Waals surface area contributed by atoms with Gasteiger partial charge in [-0.3, -0.25) is 0 Å². The molecule has 0 saturated heterocycles. The molecule has 26 heavy (non-hydrogen) atoms. The van der Waals surface area contributed by atoms with Gasteiger partial charge in [-0.05, 0) is 17.2 Å². The summed E-state index contributed by atoms with van der Waals surface area (Å²) >= 11 is 0. The van der Waals surface area contributed by atoms with Crippen molar-refractivity contribution >= 4 is 0 Å². The van der Waals surface area contributed by atoms with E-state index in [4.69, 9.17) is 0 Å². The lowest BCUT2D eigenvalue weighted by Crippen LogP contribution is -2.33. The topological polar surface area (TPSA) is 17.6 Å². The second-order valence-corrected chi connectivity index (χ2v) is 7.11. The van der Waals surface area contributed by atoms with Crippen LogP contribution in [0, 0.1) is 0 Å². The molecular weight excluding hydrogens is 320 g/mol. The number of nitrogens with zero attached hydrogens (tertiary/aromatic N) is 4. The van der Waals surface area contributed by atoms with E-state index in [0.29, 0.717) is 0 Å². The number of hydrogen-bond acceptors (Lipinski definition) is 0. The molecule has 0 radical (unpaired) electrons. The van der Waals surface area contributed by atoms with Gasteiger partial charge >= 0.3 is 0 Å². The smallest absolute Gasteiger partial charge is 0.233 e. The number of rotatable bonds is 0. The predicted octanol–water partition coefficient (Wildman–Crippen LogP) is 2.37. The van der Waals surface area contributed by atoms with E-state index in [9.17, 15) is 0 Å². The van der Waals surface area contributed by atoms with Crippen molar-refractivity contribution in [3.8, 4) is 0 Å². The molecule has 5 rings (SSSR count). The summed E-state index contributed by atoms with van der Waals surface area (Å²) in [6.45, 7) is 3.58. The van der Waals surface area contributed by atoms with E-state index in [1.807, 2.05) is 0 Å². The fourth-order valence-corrected chi connectivity index (χ4v) is 3.76. The largest absolute Gasteiger partial charge is 0.244 e. The highest BCUT2D eigenvalue weighted by Crippen LogP contribution is 2.13. The van der Waals surface area contributed by atoms with Crippen molar-refractivity contribution in [2.45, 2.75) is 26.2 Å². The Morgan fingerprint density at radius 2 is 1.19 bits per heavy atom. The second kappa shape index (κ2) is 6.30. The second-order valence-electron chi connectivity index (χ2n) is 7.11. The fourth-order valence-electron chi connectivity index (χ4n) is 3.76. The molecule has 4 heteroatoms. The molecule has 6 bridgehead atoms. The van der Waals surface area contributed by atoms with Crippen LogP contribution in [0.4, 0.5) is 0 Å². The third-order valence-electron chi connectivity index (χ3n) is 5.04. The van der Waals surface area contributed by atoms with Gasteiger partial charge in [0.1, 0.15) is 51.0 Å². The van der Waals surface area contributed by atoms with E-state index in [-0.39, 0.29) is 0 Å². The Hall–Kier alpha value is -3.14. The van der Waals surface area contributed by atoms with Crippen molar-refractivity contribution in [2.75, 3.05) is 0 Å². The predicted molar refractivity (Wildman–Crippen MR) is 98.5 cm³/mol. The van der Waals surface area contributed by atoms with Gasteiger partial charge in [-0.2, -0.15) is 0 Å². The van der Waals surface area contributed by atoms with Gasteiger partial charge in [0.05, 0.1) is 0 Å². The van der Waals surface area contributed by atoms with Crippen molar-refractivity contribution in [3.05, 3.63) is 108 Å². The van der Waals surface area contributed by atoms with Crippen LogP contribution in [-0.4, -0.2) is 9.13 Å². The molecule has 0 spiro atoms. The molecule has 0 atom stereocenters. The summed E-state index contributed by atoms with van der Waals surface area (Å²) in [5.74, 6) is 0. The van der Waals surface area contributed by atoms with Crippen molar-refractivity contribution in [2.24, 2.45) is 0 Å². The number of hydrogen-bond donors (Lipinski definition) is 0. The first-order valence-electron chi connectivity index (χ1n) is 9.06. The van der Waals surface area contributed by atoms with Gasteiger partial charge in [0.2, 0.25) is 12.7 Å². The van der Waals surface area contributed by atoms with Gasteiger partial charge in [0.25, 0.3) is 0 Å². The first-order valence-corrected chi connectivity index (χ1v) is 9.06. The van der Waals surface area contributed by atoms with Gasteiger partial charge in [0.15, 0.2) is 0 Å². The molecule has 0 unspecified atom stereocenters. The van der Waals surface area contributed by atoms with Crippen LogP contribution in [-0.2, 0) is 26.2 Å². The minimum absolute atomic E-state index is 0.893. The van der Waals surface area contributed by atoms with E-state index in [2.05, 4.69) is 104 Å². The minimum atomic E-state index is 0.893. The van der Waals surface area contributed by atoms with Crippen LogP contribution < -0.4 is 9.13 Å². The van der Waals surface area contributed by atoms with E-state index < -0.39 is 0 Å². The molecule has 0 N–H and O–H groups in total. The highest BCUT2D eigenvalue weighted by molar-refractivity contribution is 5.27. The third-order valence-corrected chi connectivity index (χ3v) is 5.04. The van der Waals surface area contributed by atoms with E-state index in [1.54, 1.807) is 0 Å². The van der Waals surface area contributed by atoms with Crippen molar-refractivity contribution in [3.63, 3.8) is 0 Å². The first-order chi connectivity index (χ1) is 12.8. The molecule has 2 aromatic carbocycles. The summed E-state index contributed by atoms with van der Waals surface area (Å²) in [6, 6.07) is 17.6. The summed E-state index contributed by atoms with van der Waals surface area (Å²) in [4.78, 5) is 0. The molecule has 1 aliphatic rings. The number of benzene rings is 2. The molecule has 1 aliphatic heterocycles. The Morgan fingerprint density at radius 3 is 1.73 bits per heavy atom. The molecular formula is C22H22N4+2. The van der Waals surface area contributed by atoms with E-state index in [0.717, 1.165) is 26.2 Å². The molecule has 0 aliphatic carbocycles. The van der Waals surface area contributed by atoms with Crippen LogP contribution in [0.25, 0.3) is 0 Å². The Kier molecular flexibility index (Phi) is 3.67. The maximum Gasteiger partial charge on any atom is 0.244 e. The quantitative estimate of drug-likeness (QED) is 0.385. The van der Waals surface area contributed by atoms with Gasteiger partial charge in [0, 0.05) is 11.1 Å². The Balaban J connectivity index is 1.60. The molecule has 4 aromatic rings. The van der Waals surface area contributed by atoms with Gasteiger partial charge < -0.3 is 0 Å². The summed E-state index contributed by atoms with van der Waals surface area (Å²) in [6.07, 6.45) is 13.0. The summed E-state index contributed by atoms with van der Waals surface area (Å²) in [5, 5.41) is 0. The monoisotopic (exact) mass is 342 g/mol. The average Bonchev–Trinajstić information content (AvgIpc) is 3.26. The molecule has 0 fully saturated rings. The molecule has 0 amide bonds. The maximum atomic E-state index is 2.31. The van der Waals surface area contributed by atoms with Crippen molar-refractivity contribution in [1.82, 2.24) is 9.13 Å². The van der Waals surface area contributed by atoms with Crippen molar-refractivity contribution < 1.29 is 9.13 Å². The fraction of sp³-hybridized carbons (Fsp3) is 0.182. The average molecular weight is 342 g/mol. The highest BCUT2D eigenvalue weighted by atomic mass is 15.1. The van der Waals surface area contributed by atoms with Crippen LogP contribution in [0.3, 0.4) is 0 Å². The van der Waals surface area contributed by atoms with Crippen molar-refractivity contribution in [1.29, 1.82) is 0 Å². The highest BCUT2D eigenvalue weighted by Gasteiger charge is 2.13. The lowest BCUT2D eigenvalue weighted by molar-refractivity contribution is -0.688. The van der Waals surface area contributed by atoms with E-state index >= 15 is 0 Å². The van der Waals surface area contributed by atoms with E-state index in [1.165, 1.54) is 22.3 Å². The standard InChI is InChI=1S/C22H22N4/c1-2-7-22-16-26-11-9-24(18-26)14-20-5-3-4-19(12-20)13-23-8-10-25(17-23)15-21(22)6-1/h1-12,17-18H,13-16H2/q+2. The molecule has 4 nitrogen and oxygen atoms in total. The van der Waals surface area contributed by atoms with Gasteiger partial charge in [-0.1, -0.05) is 42.5 Å². The Morgan fingerprint density at radius 1 is 0.654 bits per heavy atom. The SMILES string of the molecule is c1cc2cc(c1)C[n+]1ccn(c1)Cc1ccccc1Cn1cc[n+](c1)C2.